The zero-order valence-corrected chi connectivity index (χ0v) is 18.5. The Labute approximate surface area is 177 Å². The van der Waals surface area contributed by atoms with Gasteiger partial charge in [0, 0.05) is 18.7 Å². The molecule has 2 heterocycles. The third kappa shape index (κ3) is 4.87. The first kappa shape index (κ1) is 21.9. The van der Waals surface area contributed by atoms with Gasteiger partial charge in [0.05, 0.1) is 37.9 Å². The number of benzene rings is 1. The summed E-state index contributed by atoms with van der Waals surface area (Å²) in [5, 5.41) is 6.58. The minimum Gasteiger partial charge on any atom is -0.493 e. The topological polar surface area (TPSA) is 63.6 Å². The van der Waals surface area contributed by atoms with Crippen LogP contribution in [0.25, 0.3) is 0 Å². The van der Waals surface area contributed by atoms with Crippen LogP contribution in [-0.4, -0.2) is 72.3 Å². The van der Waals surface area contributed by atoms with Crippen LogP contribution in [0, 0.1) is 0 Å². The number of nitrogens with zero attached hydrogens (tertiary/aromatic N) is 3. The second-order valence-corrected chi connectivity index (χ2v) is 8.10. The monoisotopic (exact) mass is 421 g/mol. The molecule has 1 fully saturated rings. The van der Waals surface area contributed by atoms with Crippen molar-refractivity contribution in [2.75, 3.05) is 40.0 Å². The van der Waals surface area contributed by atoms with Gasteiger partial charge in [0.1, 0.15) is 6.17 Å². The molecule has 160 valence electrons. The van der Waals surface area contributed by atoms with Gasteiger partial charge in [-0.05, 0) is 38.0 Å². The van der Waals surface area contributed by atoms with Crippen LogP contribution in [0.1, 0.15) is 39.2 Å². The van der Waals surface area contributed by atoms with Crippen LogP contribution < -0.4 is 9.47 Å². The maximum atomic E-state index is 12.9. The summed E-state index contributed by atoms with van der Waals surface area (Å²) in [7, 11) is 1.64. The fourth-order valence-corrected chi connectivity index (χ4v) is 4.70. The molecule has 1 saturated heterocycles. The molecule has 3 rings (SSSR count). The summed E-state index contributed by atoms with van der Waals surface area (Å²) in [4.78, 5) is 15.2. The van der Waals surface area contributed by atoms with Gasteiger partial charge in [0.2, 0.25) is 0 Å². The second kappa shape index (κ2) is 10.3. The SMILES string of the molecule is CCOc1ccc(C2=NN(C(CC)N3CCOCC3)C(=O)SC2CC)cc1OC. The first-order chi connectivity index (χ1) is 14.1. The molecule has 2 unspecified atom stereocenters. The predicted molar refractivity (Wildman–Crippen MR) is 116 cm³/mol. The van der Waals surface area contributed by atoms with Gasteiger partial charge < -0.3 is 14.2 Å². The predicted octanol–water partition coefficient (Wildman–Crippen LogP) is 3.81. The van der Waals surface area contributed by atoms with Crippen LogP contribution in [0.2, 0.25) is 0 Å². The van der Waals surface area contributed by atoms with Gasteiger partial charge in [-0.15, -0.1) is 0 Å². The molecule has 2 atom stereocenters. The molecule has 1 aromatic carbocycles. The zero-order valence-electron chi connectivity index (χ0n) is 17.7. The van der Waals surface area contributed by atoms with Gasteiger partial charge in [0.15, 0.2) is 11.5 Å². The first-order valence-electron chi connectivity index (χ1n) is 10.3. The maximum absolute atomic E-state index is 12.9. The lowest BCUT2D eigenvalue weighted by atomic mass is 10.0. The van der Waals surface area contributed by atoms with E-state index in [1.165, 1.54) is 11.8 Å². The Morgan fingerprint density at radius 3 is 2.62 bits per heavy atom. The van der Waals surface area contributed by atoms with E-state index in [-0.39, 0.29) is 16.7 Å². The van der Waals surface area contributed by atoms with Crippen molar-refractivity contribution in [3.63, 3.8) is 0 Å². The van der Waals surface area contributed by atoms with Crippen LogP contribution in [0.3, 0.4) is 0 Å². The number of carbonyl (C=O) groups excluding carboxylic acids is 1. The summed E-state index contributed by atoms with van der Waals surface area (Å²) in [6, 6.07) is 5.87. The summed E-state index contributed by atoms with van der Waals surface area (Å²) in [5.41, 5.74) is 1.86. The van der Waals surface area contributed by atoms with Crippen LogP contribution in [0.5, 0.6) is 11.5 Å². The van der Waals surface area contributed by atoms with Gasteiger partial charge in [0.25, 0.3) is 0 Å². The Hall–Kier alpha value is -1.77. The third-order valence-corrected chi connectivity index (χ3v) is 6.43. The number of ether oxygens (including phenoxy) is 3. The average Bonchev–Trinajstić information content (AvgIpc) is 2.76. The van der Waals surface area contributed by atoms with Gasteiger partial charge >= 0.3 is 5.24 Å². The molecule has 0 radical (unpaired) electrons. The number of hydrogen-bond donors (Lipinski definition) is 0. The van der Waals surface area contributed by atoms with Crippen LogP contribution in [0.4, 0.5) is 4.79 Å². The first-order valence-corrected chi connectivity index (χ1v) is 11.2. The van der Waals surface area contributed by atoms with Gasteiger partial charge in [-0.1, -0.05) is 25.6 Å². The molecular formula is C21H31N3O4S. The Kier molecular flexibility index (Phi) is 7.80. The molecule has 1 aromatic rings. The maximum Gasteiger partial charge on any atom is 0.303 e. The fraction of sp³-hybridized carbons (Fsp3) is 0.619. The Bertz CT molecular complexity index is 737. The second-order valence-electron chi connectivity index (χ2n) is 6.95. The number of rotatable bonds is 8. The molecule has 0 aromatic heterocycles. The van der Waals surface area contributed by atoms with E-state index in [2.05, 4.69) is 18.7 Å². The average molecular weight is 422 g/mol. The molecular weight excluding hydrogens is 390 g/mol. The van der Waals surface area contributed by atoms with Gasteiger partial charge in [-0.25, -0.2) is 5.01 Å². The standard InChI is InChI=1S/C21H31N3O4S/c1-5-18-20(15-8-9-16(28-7-3)17(14-15)26-4)22-24(21(25)29-18)19(6-2)23-10-12-27-13-11-23/h8-9,14,18-19H,5-7,10-13H2,1-4H3. The number of thioether (sulfide) groups is 1. The number of carbonyl (C=O) groups is 1. The Morgan fingerprint density at radius 2 is 2.00 bits per heavy atom. The normalized spacial score (nSPS) is 21.7. The highest BCUT2D eigenvalue weighted by Gasteiger charge is 2.36. The molecule has 0 bridgehead atoms. The van der Waals surface area contributed by atoms with E-state index in [9.17, 15) is 4.79 Å². The third-order valence-electron chi connectivity index (χ3n) is 5.20. The van der Waals surface area contributed by atoms with Crippen molar-refractivity contribution in [3.8, 4) is 11.5 Å². The largest absolute Gasteiger partial charge is 0.493 e. The van der Waals surface area contributed by atoms with Crippen LogP contribution >= 0.6 is 11.8 Å². The lowest BCUT2D eigenvalue weighted by molar-refractivity contribution is -0.0191. The molecule has 0 saturated carbocycles. The molecule has 2 aliphatic heterocycles. The van der Waals surface area contributed by atoms with E-state index >= 15 is 0 Å². The molecule has 29 heavy (non-hydrogen) atoms. The van der Waals surface area contributed by atoms with Gasteiger partial charge in [-0.3, -0.25) is 9.69 Å². The molecule has 1 amide bonds. The van der Waals surface area contributed by atoms with Crippen molar-refractivity contribution >= 4 is 22.7 Å². The molecule has 2 aliphatic rings. The van der Waals surface area contributed by atoms with E-state index in [0.29, 0.717) is 31.3 Å². The van der Waals surface area contributed by atoms with Gasteiger partial charge in [-0.2, -0.15) is 5.10 Å². The highest BCUT2D eigenvalue weighted by Crippen LogP contribution is 2.34. The Balaban J connectivity index is 1.96. The number of amides is 1. The highest BCUT2D eigenvalue weighted by molar-refractivity contribution is 8.14. The van der Waals surface area contributed by atoms with E-state index in [0.717, 1.165) is 37.2 Å². The van der Waals surface area contributed by atoms with Crippen LogP contribution in [-0.2, 0) is 4.74 Å². The number of methoxy groups -OCH3 is 1. The van der Waals surface area contributed by atoms with E-state index in [1.54, 1.807) is 12.1 Å². The van der Waals surface area contributed by atoms with E-state index < -0.39 is 0 Å². The molecule has 0 aliphatic carbocycles. The minimum atomic E-state index is -0.0590. The molecule has 0 spiro atoms. The lowest BCUT2D eigenvalue weighted by Gasteiger charge is -2.40. The molecule has 7 nitrogen and oxygen atoms in total. The quantitative estimate of drug-likeness (QED) is 0.636. The highest BCUT2D eigenvalue weighted by atomic mass is 32.2. The lowest BCUT2D eigenvalue weighted by Crippen LogP contribution is -2.53. The minimum absolute atomic E-state index is 0.0110. The van der Waals surface area contributed by atoms with Crippen molar-refractivity contribution < 1.29 is 19.0 Å². The number of hydrogen-bond acceptors (Lipinski definition) is 7. The number of hydrazone groups is 1. The molecule has 0 N–H and O–H groups in total. The van der Waals surface area contributed by atoms with Crippen molar-refractivity contribution in [1.29, 1.82) is 0 Å². The smallest absolute Gasteiger partial charge is 0.303 e. The van der Waals surface area contributed by atoms with E-state index in [1.807, 2.05) is 25.1 Å². The van der Waals surface area contributed by atoms with Crippen molar-refractivity contribution in [1.82, 2.24) is 9.91 Å². The Morgan fingerprint density at radius 1 is 1.24 bits per heavy atom. The fourth-order valence-electron chi connectivity index (χ4n) is 3.72. The number of morpholine rings is 1. The molecule has 8 heteroatoms. The van der Waals surface area contributed by atoms with Crippen molar-refractivity contribution in [3.05, 3.63) is 23.8 Å². The van der Waals surface area contributed by atoms with E-state index in [4.69, 9.17) is 19.3 Å². The summed E-state index contributed by atoms with van der Waals surface area (Å²) < 4.78 is 16.6. The van der Waals surface area contributed by atoms with Crippen molar-refractivity contribution in [2.45, 2.75) is 45.0 Å². The summed E-state index contributed by atoms with van der Waals surface area (Å²) in [5.74, 6) is 1.39. The zero-order chi connectivity index (χ0) is 20.8. The van der Waals surface area contributed by atoms with Crippen molar-refractivity contribution in [2.24, 2.45) is 5.10 Å². The summed E-state index contributed by atoms with van der Waals surface area (Å²) >= 11 is 1.36. The van der Waals surface area contributed by atoms with Crippen LogP contribution in [0.15, 0.2) is 23.3 Å². The summed E-state index contributed by atoms with van der Waals surface area (Å²) in [6.45, 7) is 9.70. The summed E-state index contributed by atoms with van der Waals surface area (Å²) in [6.07, 6.45) is 1.58.